The molecule has 0 bridgehead atoms. The number of hydrogen-bond donors (Lipinski definition) is 1. The van der Waals surface area contributed by atoms with Gasteiger partial charge in [0.25, 0.3) is 6.08 Å². The molecule has 1 N–H and O–H groups in total. The summed E-state index contributed by atoms with van der Waals surface area (Å²) in [6.45, 7) is 0. The fourth-order valence-electron chi connectivity index (χ4n) is 1.53. The second-order valence-corrected chi connectivity index (χ2v) is 3.16. The van der Waals surface area contributed by atoms with Crippen LogP contribution in [0.25, 0.3) is 10.8 Å². The molecule has 78 valence electrons. The van der Waals surface area contributed by atoms with Crippen molar-refractivity contribution < 1.29 is 9.90 Å². The van der Waals surface area contributed by atoms with Crippen LogP contribution in [0.5, 0.6) is 5.75 Å². The van der Waals surface area contributed by atoms with Gasteiger partial charge in [-0.05, 0) is 16.8 Å². The minimum Gasteiger partial charge on any atom is -0.507 e. The van der Waals surface area contributed by atoms with Gasteiger partial charge in [0.15, 0.2) is 0 Å². The third-order valence-electron chi connectivity index (χ3n) is 2.23. The Kier molecular flexibility index (Phi) is 2.76. The number of phenols is 1. The van der Waals surface area contributed by atoms with Gasteiger partial charge in [-0.3, -0.25) is 0 Å². The van der Waals surface area contributed by atoms with Crippen molar-refractivity contribution in [2.24, 2.45) is 10.2 Å². The van der Waals surface area contributed by atoms with Gasteiger partial charge in [0.05, 0.1) is 6.21 Å². The molecule has 2 aromatic rings. The van der Waals surface area contributed by atoms with Crippen LogP contribution in [-0.4, -0.2) is 17.4 Å². The molecule has 0 aliphatic heterocycles. The van der Waals surface area contributed by atoms with Crippen molar-refractivity contribution >= 4 is 23.1 Å². The monoisotopic (exact) mass is 212 g/mol. The van der Waals surface area contributed by atoms with E-state index in [-0.39, 0.29) is 5.75 Å². The lowest BCUT2D eigenvalue weighted by atomic mass is 10.0. The molecule has 4 nitrogen and oxygen atoms in total. The minimum absolute atomic E-state index is 0.101. The second-order valence-electron chi connectivity index (χ2n) is 3.16. The van der Waals surface area contributed by atoms with Crippen LogP contribution in [0.3, 0.4) is 0 Å². The molecule has 2 aromatic carbocycles. The van der Waals surface area contributed by atoms with Gasteiger partial charge in [-0.25, -0.2) is 4.79 Å². The molecule has 0 saturated carbocycles. The lowest BCUT2D eigenvalue weighted by Gasteiger charge is -2.03. The highest BCUT2D eigenvalue weighted by molar-refractivity contribution is 6.02. The lowest BCUT2D eigenvalue weighted by molar-refractivity contribution is 0.475. The van der Waals surface area contributed by atoms with Crippen LogP contribution in [0.15, 0.2) is 46.6 Å². The van der Waals surface area contributed by atoms with Crippen molar-refractivity contribution in [1.29, 1.82) is 0 Å². The maximum atomic E-state index is 9.88. The topological polar surface area (TPSA) is 62.0 Å². The summed E-state index contributed by atoms with van der Waals surface area (Å²) in [6.07, 6.45) is 2.64. The van der Waals surface area contributed by atoms with E-state index in [4.69, 9.17) is 0 Å². The Labute approximate surface area is 91.6 Å². The Morgan fingerprint density at radius 1 is 1.19 bits per heavy atom. The number of aromatic hydroxyl groups is 1. The second kappa shape index (κ2) is 4.38. The number of nitrogens with zero attached hydrogens (tertiary/aromatic N) is 2. The maximum Gasteiger partial charge on any atom is 0.260 e. The summed E-state index contributed by atoms with van der Waals surface area (Å²) >= 11 is 0. The van der Waals surface area contributed by atoms with E-state index in [1.807, 2.05) is 30.3 Å². The highest BCUT2D eigenvalue weighted by Gasteiger charge is 2.03. The largest absolute Gasteiger partial charge is 0.507 e. The molecule has 0 aromatic heterocycles. The zero-order valence-electron chi connectivity index (χ0n) is 8.29. The van der Waals surface area contributed by atoms with Gasteiger partial charge in [-0.15, -0.1) is 5.10 Å². The maximum absolute atomic E-state index is 9.88. The fraction of sp³-hybridized carbons (Fsp3) is 0. The van der Waals surface area contributed by atoms with Crippen molar-refractivity contribution in [3.05, 3.63) is 42.0 Å². The van der Waals surface area contributed by atoms with Crippen LogP contribution < -0.4 is 0 Å². The predicted molar refractivity (Wildman–Crippen MR) is 61.3 cm³/mol. The summed E-state index contributed by atoms with van der Waals surface area (Å²) in [5.74, 6) is 0.101. The van der Waals surface area contributed by atoms with Gasteiger partial charge in [0.2, 0.25) is 0 Å². The molecule has 4 heteroatoms. The highest BCUT2D eigenvalue weighted by atomic mass is 16.3. The van der Waals surface area contributed by atoms with Gasteiger partial charge in [-0.1, -0.05) is 35.4 Å². The van der Waals surface area contributed by atoms with Crippen LogP contribution in [0, 0.1) is 0 Å². The van der Waals surface area contributed by atoms with Crippen LogP contribution in [0.4, 0.5) is 0 Å². The number of isocyanates is 1. The molecule has 0 aliphatic rings. The minimum atomic E-state index is 0.101. The average Bonchev–Trinajstić information content (AvgIpc) is 2.32. The van der Waals surface area contributed by atoms with E-state index in [1.54, 1.807) is 6.07 Å². The third kappa shape index (κ3) is 1.82. The molecule has 2 rings (SSSR count). The summed E-state index contributed by atoms with van der Waals surface area (Å²) in [5, 5.41) is 18.1. The predicted octanol–water partition coefficient (Wildman–Crippen LogP) is 2.22. The molecule has 0 radical (unpaired) electrons. The van der Waals surface area contributed by atoms with E-state index in [0.29, 0.717) is 5.56 Å². The van der Waals surface area contributed by atoms with E-state index in [1.165, 1.54) is 12.3 Å². The Hall–Kier alpha value is -2.45. The zero-order chi connectivity index (χ0) is 11.4. The van der Waals surface area contributed by atoms with Gasteiger partial charge < -0.3 is 5.11 Å². The molecule has 0 amide bonds. The number of benzene rings is 2. The highest BCUT2D eigenvalue weighted by Crippen LogP contribution is 2.25. The number of rotatable bonds is 2. The Morgan fingerprint density at radius 2 is 2.00 bits per heavy atom. The first-order chi connectivity index (χ1) is 7.83. The van der Waals surface area contributed by atoms with Gasteiger partial charge in [0, 0.05) is 5.56 Å². The van der Waals surface area contributed by atoms with Gasteiger partial charge in [-0.2, -0.15) is 0 Å². The normalized spacial score (nSPS) is 10.5. The third-order valence-corrected chi connectivity index (χ3v) is 2.23. The SMILES string of the molecule is O=C=NN=Cc1c(O)ccc2ccccc12. The van der Waals surface area contributed by atoms with E-state index in [9.17, 15) is 9.90 Å². The Balaban J connectivity index is 2.65. The number of fused-ring (bicyclic) bond motifs is 1. The van der Waals surface area contributed by atoms with Gasteiger partial charge in [0.1, 0.15) is 5.75 Å². The first-order valence-electron chi connectivity index (χ1n) is 4.64. The summed E-state index contributed by atoms with van der Waals surface area (Å²) in [4.78, 5) is 9.88. The quantitative estimate of drug-likeness (QED) is 0.471. The number of phenolic OH excluding ortho intramolecular Hbond substituents is 1. The average molecular weight is 212 g/mol. The van der Waals surface area contributed by atoms with Crippen molar-refractivity contribution in [1.82, 2.24) is 0 Å². The summed E-state index contributed by atoms with van der Waals surface area (Å²) in [5.41, 5.74) is 0.539. The molecule has 0 saturated heterocycles. The van der Waals surface area contributed by atoms with E-state index in [0.717, 1.165) is 10.8 Å². The molecule has 0 unspecified atom stereocenters. The van der Waals surface area contributed by atoms with Gasteiger partial charge >= 0.3 is 0 Å². The fourth-order valence-corrected chi connectivity index (χ4v) is 1.53. The zero-order valence-corrected chi connectivity index (χ0v) is 8.29. The molecule has 0 spiro atoms. The molecule has 0 aliphatic carbocycles. The molecular weight excluding hydrogens is 204 g/mol. The summed E-state index contributed by atoms with van der Waals surface area (Å²) < 4.78 is 0. The number of carbonyl (C=O) groups excluding carboxylic acids is 1. The first kappa shape index (κ1) is 10.1. The van der Waals surface area contributed by atoms with E-state index < -0.39 is 0 Å². The Bertz CT molecular complexity index is 599. The van der Waals surface area contributed by atoms with E-state index >= 15 is 0 Å². The first-order valence-corrected chi connectivity index (χ1v) is 4.64. The van der Waals surface area contributed by atoms with Crippen LogP contribution in [-0.2, 0) is 4.79 Å². The van der Waals surface area contributed by atoms with Crippen LogP contribution in [0.2, 0.25) is 0 Å². The molecule has 0 heterocycles. The molecule has 0 fully saturated rings. The van der Waals surface area contributed by atoms with Crippen molar-refractivity contribution in [2.45, 2.75) is 0 Å². The lowest BCUT2D eigenvalue weighted by Crippen LogP contribution is -1.85. The standard InChI is InChI=1S/C12H8N2O2/c15-8-14-13-7-11-10-4-2-1-3-9(10)5-6-12(11)16/h1-7,16H. The van der Waals surface area contributed by atoms with Crippen LogP contribution in [0.1, 0.15) is 5.56 Å². The molecule has 0 atom stereocenters. The molecular formula is C12H8N2O2. The van der Waals surface area contributed by atoms with Crippen molar-refractivity contribution in [3.8, 4) is 5.75 Å². The summed E-state index contributed by atoms with van der Waals surface area (Å²) in [7, 11) is 0. The number of hydrogen-bond acceptors (Lipinski definition) is 4. The summed E-state index contributed by atoms with van der Waals surface area (Å²) in [6, 6.07) is 10.9. The van der Waals surface area contributed by atoms with Crippen molar-refractivity contribution in [2.75, 3.05) is 0 Å². The molecule has 16 heavy (non-hydrogen) atoms. The Morgan fingerprint density at radius 3 is 2.81 bits per heavy atom. The van der Waals surface area contributed by atoms with Crippen molar-refractivity contribution in [3.63, 3.8) is 0 Å². The smallest absolute Gasteiger partial charge is 0.260 e. The van der Waals surface area contributed by atoms with Crippen LogP contribution >= 0.6 is 0 Å². The van der Waals surface area contributed by atoms with E-state index in [2.05, 4.69) is 10.2 Å².